The Morgan fingerprint density at radius 3 is 2.39 bits per heavy atom. The minimum atomic E-state index is -0.517. The highest BCUT2D eigenvalue weighted by Gasteiger charge is 2.22. The van der Waals surface area contributed by atoms with E-state index in [2.05, 4.69) is 20.6 Å². The number of aromatic nitrogens is 2. The summed E-state index contributed by atoms with van der Waals surface area (Å²) in [5, 5.41) is 27.1. The molecule has 0 bridgehead atoms. The van der Waals surface area contributed by atoms with Gasteiger partial charge >= 0.3 is 5.69 Å². The van der Waals surface area contributed by atoms with E-state index < -0.39 is 4.92 Å². The zero-order chi connectivity index (χ0) is 20.3. The summed E-state index contributed by atoms with van der Waals surface area (Å²) >= 11 is 0. The number of nitro groups is 1. The molecule has 144 valence electrons. The fourth-order valence-corrected chi connectivity index (χ4v) is 2.65. The second-order valence-corrected chi connectivity index (χ2v) is 6.06. The van der Waals surface area contributed by atoms with Crippen molar-refractivity contribution in [2.24, 2.45) is 0 Å². The second kappa shape index (κ2) is 7.78. The van der Waals surface area contributed by atoms with Crippen LogP contribution in [0, 0.1) is 24.0 Å². The van der Waals surface area contributed by atoms with Crippen LogP contribution in [0.1, 0.15) is 11.3 Å². The molecule has 0 radical (unpaired) electrons. The number of aromatic hydroxyl groups is 1. The summed E-state index contributed by atoms with van der Waals surface area (Å²) in [5.74, 6) is 1.09. The summed E-state index contributed by atoms with van der Waals surface area (Å²) in [6, 6.07) is 11.7. The van der Waals surface area contributed by atoms with Gasteiger partial charge in [0.15, 0.2) is 0 Å². The molecular formula is C19H19N5O4. The summed E-state index contributed by atoms with van der Waals surface area (Å²) in [6.07, 6.45) is 0. The van der Waals surface area contributed by atoms with Gasteiger partial charge in [0.2, 0.25) is 11.8 Å². The normalized spacial score (nSPS) is 10.4. The van der Waals surface area contributed by atoms with Crippen molar-refractivity contribution in [3.05, 3.63) is 63.8 Å². The Bertz CT molecular complexity index is 1020. The molecule has 3 aromatic rings. The summed E-state index contributed by atoms with van der Waals surface area (Å²) in [4.78, 5) is 19.5. The molecule has 3 rings (SSSR count). The number of aryl methyl sites for hydroxylation is 2. The monoisotopic (exact) mass is 381 g/mol. The Labute approximate surface area is 161 Å². The summed E-state index contributed by atoms with van der Waals surface area (Å²) in [7, 11) is 1.56. The van der Waals surface area contributed by atoms with Gasteiger partial charge in [-0.1, -0.05) is 0 Å². The third-order valence-electron chi connectivity index (χ3n) is 4.05. The molecule has 0 spiro atoms. The molecule has 2 aromatic carbocycles. The van der Waals surface area contributed by atoms with Crippen molar-refractivity contribution in [1.82, 2.24) is 9.97 Å². The lowest BCUT2D eigenvalue weighted by Crippen LogP contribution is -2.07. The van der Waals surface area contributed by atoms with Gasteiger partial charge < -0.3 is 20.5 Å². The number of nitrogens with one attached hydrogen (secondary N) is 2. The van der Waals surface area contributed by atoms with E-state index in [1.54, 1.807) is 50.4 Å². The Kier molecular flexibility index (Phi) is 5.25. The molecule has 1 aromatic heterocycles. The van der Waals surface area contributed by atoms with Crippen molar-refractivity contribution in [3.63, 3.8) is 0 Å². The first-order valence-electron chi connectivity index (χ1n) is 8.38. The molecule has 0 aliphatic rings. The van der Waals surface area contributed by atoms with Gasteiger partial charge in [0.05, 0.1) is 12.0 Å². The molecule has 0 atom stereocenters. The van der Waals surface area contributed by atoms with Crippen LogP contribution in [-0.2, 0) is 0 Å². The molecule has 1 heterocycles. The van der Waals surface area contributed by atoms with Gasteiger partial charge in [-0.25, -0.2) is 4.98 Å². The largest absolute Gasteiger partial charge is 0.508 e. The zero-order valence-corrected chi connectivity index (χ0v) is 15.6. The zero-order valence-electron chi connectivity index (χ0n) is 15.6. The lowest BCUT2D eigenvalue weighted by Gasteiger charge is -2.12. The predicted molar refractivity (Wildman–Crippen MR) is 106 cm³/mol. The maximum absolute atomic E-state index is 11.5. The van der Waals surface area contributed by atoms with Gasteiger partial charge in [-0.15, -0.1) is 0 Å². The quantitative estimate of drug-likeness (QED) is 0.330. The van der Waals surface area contributed by atoms with Crippen LogP contribution in [0.5, 0.6) is 11.5 Å². The third kappa shape index (κ3) is 4.09. The number of hydrogen-bond acceptors (Lipinski definition) is 8. The van der Waals surface area contributed by atoms with E-state index in [1.807, 2.05) is 6.92 Å². The topological polar surface area (TPSA) is 122 Å². The van der Waals surface area contributed by atoms with Gasteiger partial charge in [-0.2, -0.15) is 4.98 Å². The van der Waals surface area contributed by atoms with Crippen LogP contribution >= 0.6 is 0 Å². The number of benzene rings is 2. The van der Waals surface area contributed by atoms with Crippen molar-refractivity contribution in [1.29, 1.82) is 0 Å². The van der Waals surface area contributed by atoms with Gasteiger partial charge in [0, 0.05) is 11.4 Å². The minimum absolute atomic E-state index is 0.0709. The highest BCUT2D eigenvalue weighted by atomic mass is 16.6. The van der Waals surface area contributed by atoms with E-state index in [0.717, 1.165) is 5.56 Å². The van der Waals surface area contributed by atoms with Crippen molar-refractivity contribution < 1.29 is 14.8 Å². The number of anilines is 4. The van der Waals surface area contributed by atoms with E-state index in [1.165, 1.54) is 6.07 Å². The summed E-state index contributed by atoms with van der Waals surface area (Å²) in [5.41, 5.74) is 2.10. The molecule has 0 saturated heterocycles. The number of rotatable bonds is 6. The Hall–Kier alpha value is -3.88. The predicted octanol–water partition coefficient (Wildman–Crippen LogP) is 4.20. The molecule has 9 nitrogen and oxygen atoms in total. The SMILES string of the molecule is COc1ccc(Nc2nc(Nc3ccc(O)cc3C)nc(C)c2[N+](=O)[O-])cc1. The minimum Gasteiger partial charge on any atom is -0.508 e. The van der Waals surface area contributed by atoms with Crippen molar-refractivity contribution in [2.45, 2.75) is 13.8 Å². The third-order valence-corrected chi connectivity index (χ3v) is 4.05. The van der Waals surface area contributed by atoms with Crippen LogP contribution < -0.4 is 15.4 Å². The molecule has 9 heteroatoms. The second-order valence-electron chi connectivity index (χ2n) is 6.06. The number of phenolic OH excluding ortho intramolecular Hbond substituents is 1. The van der Waals surface area contributed by atoms with Crippen LogP contribution in [0.4, 0.5) is 28.8 Å². The molecule has 28 heavy (non-hydrogen) atoms. The first-order valence-corrected chi connectivity index (χ1v) is 8.38. The highest BCUT2D eigenvalue weighted by molar-refractivity contribution is 5.70. The summed E-state index contributed by atoms with van der Waals surface area (Å²) in [6.45, 7) is 3.37. The van der Waals surface area contributed by atoms with Crippen LogP contribution in [0.15, 0.2) is 42.5 Å². The first kappa shape index (κ1) is 18.9. The Morgan fingerprint density at radius 1 is 1.07 bits per heavy atom. The molecular weight excluding hydrogens is 362 g/mol. The maximum Gasteiger partial charge on any atom is 0.332 e. The van der Waals surface area contributed by atoms with Gasteiger partial charge in [-0.05, 0) is 61.9 Å². The molecule has 0 saturated carbocycles. The fourth-order valence-electron chi connectivity index (χ4n) is 2.65. The number of nitrogens with zero attached hydrogens (tertiary/aromatic N) is 3. The average molecular weight is 381 g/mol. The van der Waals surface area contributed by atoms with Crippen molar-refractivity contribution in [3.8, 4) is 11.5 Å². The van der Waals surface area contributed by atoms with Crippen LogP contribution in [0.3, 0.4) is 0 Å². The number of ether oxygens (including phenoxy) is 1. The van der Waals surface area contributed by atoms with Gasteiger partial charge in [0.25, 0.3) is 0 Å². The molecule has 3 N–H and O–H groups in total. The van der Waals surface area contributed by atoms with E-state index in [9.17, 15) is 15.2 Å². The van der Waals surface area contributed by atoms with Gasteiger partial charge in [0.1, 0.15) is 17.2 Å². The van der Waals surface area contributed by atoms with Gasteiger partial charge in [-0.3, -0.25) is 10.1 Å². The fraction of sp³-hybridized carbons (Fsp3) is 0.158. The molecule has 0 aliphatic heterocycles. The standard InChI is InChI=1S/C19H19N5O4/c1-11-10-14(25)6-9-16(11)22-19-20-12(2)17(24(26)27)18(23-19)21-13-4-7-15(28-3)8-5-13/h4-10,25H,1-3H3,(H2,20,21,22,23). The number of hydrogen-bond donors (Lipinski definition) is 3. The van der Waals surface area contributed by atoms with Crippen LogP contribution in [0.25, 0.3) is 0 Å². The van der Waals surface area contributed by atoms with Crippen molar-refractivity contribution >= 4 is 28.8 Å². The van der Waals surface area contributed by atoms with Crippen LogP contribution in [0.2, 0.25) is 0 Å². The Balaban J connectivity index is 1.97. The summed E-state index contributed by atoms with van der Waals surface area (Å²) < 4.78 is 5.12. The van der Waals surface area contributed by atoms with E-state index in [0.29, 0.717) is 17.1 Å². The molecule has 0 aliphatic carbocycles. The smallest absolute Gasteiger partial charge is 0.332 e. The lowest BCUT2D eigenvalue weighted by molar-refractivity contribution is -0.385. The molecule has 0 fully saturated rings. The van der Waals surface area contributed by atoms with E-state index in [-0.39, 0.29) is 28.9 Å². The number of phenols is 1. The van der Waals surface area contributed by atoms with Crippen LogP contribution in [-0.4, -0.2) is 27.1 Å². The molecule has 0 amide bonds. The molecule has 0 unspecified atom stereocenters. The highest BCUT2D eigenvalue weighted by Crippen LogP contribution is 2.31. The van der Waals surface area contributed by atoms with Crippen molar-refractivity contribution in [2.75, 3.05) is 17.7 Å². The number of methoxy groups -OCH3 is 1. The maximum atomic E-state index is 11.5. The lowest BCUT2D eigenvalue weighted by atomic mass is 10.2. The van der Waals surface area contributed by atoms with E-state index >= 15 is 0 Å². The first-order chi connectivity index (χ1) is 13.4. The average Bonchev–Trinajstić information content (AvgIpc) is 2.64. The Morgan fingerprint density at radius 2 is 1.79 bits per heavy atom. The van der Waals surface area contributed by atoms with E-state index in [4.69, 9.17) is 4.74 Å².